The van der Waals surface area contributed by atoms with Gasteiger partial charge in [-0.1, -0.05) is 57.2 Å². The number of Topliss-reactive ketones (excluding diaryl/α,β-unsaturated/α-hetero) is 1. The molecule has 1 fully saturated rings. The van der Waals surface area contributed by atoms with Crippen molar-refractivity contribution in [2.24, 2.45) is 0 Å². The second kappa shape index (κ2) is 11.6. The standard InChI is InChI=1S/C34H33NO5S/c1-5-39-27-18-13-23(20-26(27)34(2,3)4)31(36)29-30(28-12-9-19-41-28)35(33(38)32(29)37)24-14-16-25(17-15-24)40-21-22-10-7-6-8-11-22/h6-20,30,36H,5,21H2,1-4H3/b31-29-. The molecule has 210 valence electrons. The Kier molecular flexibility index (Phi) is 7.99. The van der Waals surface area contributed by atoms with Crippen LogP contribution in [-0.2, 0) is 21.6 Å². The highest BCUT2D eigenvalue weighted by Gasteiger charge is 2.47. The lowest BCUT2D eigenvalue weighted by atomic mass is 9.84. The number of benzene rings is 3. The Morgan fingerprint density at radius 1 is 0.927 bits per heavy atom. The summed E-state index contributed by atoms with van der Waals surface area (Å²) in [6.07, 6.45) is 0. The van der Waals surface area contributed by atoms with E-state index >= 15 is 0 Å². The molecular formula is C34H33NO5S. The summed E-state index contributed by atoms with van der Waals surface area (Å²) in [5.41, 5.74) is 2.73. The van der Waals surface area contributed by atoms with Gasteiger partial charge in [-0.2, -0.15) is 0 Å². The number of thiophene rings is 1. The largest absolute Gasteiger partial charge is 0.507 e. The normalized spacial score (nSPS) is 16.7. The maximum atomic E-state index is 13.5. The minimum atomic E-state index is -0.768. The molecule has 0 bridgehead atoms. The summed E-state index contributed by atoms with van der Waals surface area (Å²) in [7, 11) is 0. The van der Waals surface area contributed by atoms with Crippen LogP contribution in [0.3, 0.4) is 0 Å². The molecule has 1 saturated heterocycles. The molecule has 2 heterocycles. The van der Waals surface area contributed by atoms with Crippen molar-refractivity contribution in [3.05, 3.63) is 117 Å². The Morgan fingerprint density at radius 2 is 1.66 bits per heavy atom. The summed E-state index contributed by atoms with van der Waals surface area (Å²) in [5, 5.41) is 13.5. The highest BCUT2D eigenvalue weighted by molar-refractivity contribution is 7.10. The van der Waals surface area contributed by atoms with E-state index in [1.54, 1.807) is 30.3 Å². The van der Waals surface area contributed by atoms with Gasteiger partial charge in [0.05, 0.1) is 12.2 Å². The van der Waals surface area contributed by atoms with Gasteiger partial charge in [0.1, 0.15) is 29.9 Å². The molecule has 1 aliphatic rings. The SMILES string of the molecule is CCOc1ccc(/C(O)=C2/C(=O)C(=O)N(c3ccc(OCc4ccccc4)cc3)C2c2cccs2)cc1C(C)(C)C. The number of hydrogen-bond donors (Lipinski definition) is 1. The van der Waals surface area contributed by atoms with Crippen LogP contribution in [0.2, 0.25) is 0 Å². The second-order valence-electron chi connectivity index (χ2n) is 10.8. The molecule has 5 rings (SSSR count). The van der Waals surface area contributed by atoms with E-state index in [0.717, 1.165) is 21.8 Å². The number of carbonyl (C=O) groups is 2. The van der Waals surface area contributed by atoms with Crippen molar-refractivity contribution in [3.63, 3.8) is 0 Å². The van der Waals surface area contributed by atoms with E-state index in [-0.39, 0.29) is 16.7 Å². The van der Waals surface area contributed by atoms with Gasteiger partial charge in [-0.3, -0.25) is 14.5 Å². The van der Waals surface area contributed by atoms with Gasteiger partial charge in [0.15, 0.2) is 0 Å². The molecule has 41 heavy (non-hydrogen) atoms. The van der Waals surface area contributed by atoms with Crippen LogP contribution in [0.4, 0.5) is 5.69 Å². The number of ketones is 1. The van der Waals surface area contributed by atoms with Crippen LogP contribution in [-0.4, -0.2) is 23.4 Å². The number of aliphatic hydroxyl groups excluding tert-OH is 1. The van der Waals surface area contributed by atoms with Gasteiger partial charge in [0.2, 0.25) is 0 Å². The van der Waals surface area contributed by atoms with Gasteiger partial charge in [0.25, 0.3) is 11.7 Å². The van der Waals surface area contributed by atoms with Crippen molar-refractivity contribution in [3.8, 4) is 11.5 Å². The molecule has 0 saturated carbocycles. The first kappa shape index (κ1) is 28.2. The lowest BCUT2D eigenvalue weighted by molar-refractivity contribution is -0.132. The minimum Gasteiger partial charge on any atom is -0.507 e. The molecule has 6 nitrogen and oxygen atoms in total. The number of rotatable bonds is 8. The third-order valence-electron chi connectivity index (χ3n) is 6.98. The molecule has 0 aliphatic carbocycles. The molecule has 1 aliphatic heterocycles. The zero-order chi connectivity index (χ0) is 29.1. The van der Waals surface area contributed by atoms with Crippen LogP contribution in [0.25, 0.3) is 5.76 Å². The zero-order valence-corrected chi connectivity index (χ0v) is 24.4. The van der Waals surface area contributed by atoms with Crippen LogP contribution in [0, 0.1) is 0 Å². The fourth-order valence-electron chi connectivity index (χ4n) is 4.96. The lowest BCUT2D eigenvalue weighted by Gasteiger charge is -2.25. The molecule has 1 atom stereocenters. The summed E-state index contributed by atoms with van der Waals surface area (Å²) in [6, 6.07) is 25.3. The van der Waals surface area contributed by atoms with Crippen molar-refractivity contribution >= 4 is 34.5 Å². The number of ether oxygens (including phenoxy) is 2. The summed E-state index contributed by atoms with van der Waals surface area (Å²) in [6.45, 7) is 9.03. The summed E-state index contributed by atoms with van der Waals surface area (Å²) in [5.74, 6) is -0.255. The average molecular weight is 568 g/mol. The van der Waals surface area contributed by atoms with E-state index in [1.807, 2.05) is 66.9 Å². The number of aliphatic hydroxyl groups is 1. The number of hydrogen-bond acceptors (Lipinski definition) is 6. The Bertz CT molecular complexity index is 1570. The number of nitrogens with zero attached hydrogens (tertiary/aromatic N) is 1. The maximum Gasteiger partial charge on any atom is 0.300 e. The number of carbonyl (C=O) groups excluding carboxylic acids is 2. The van der Waals surface area contributed by atoms with Crippen molar-refractivity contribution in [1.29, 1.82) is 0 Å². The van der Waals surface area contributed by atoms with E-state index < -0.39 is 17.7 Å². The fraction of sp³-hybridized carbons (Fsp3) is 0.235. The topological polar surface area (TPSA) is 76.1 Å². The molecule has 1 aromatic heterocycles. The fourth-order valence-corrected chi connectivity index (χ4v) is 5.78. The highest BCUT2D eigenvalue weighted by atomic mass is 32.1. The first-order valence-corrected chi connectivity index (χ1v) is 14.5. The molecule has 3 aromatic carbocycles. The van der Waals surface area contributed by atoms with Crippen molar-refractivity contribution in [2.75, 3.05) is 11.5 Å². The third kappa shape index (κ3) is 5.77. The quantitative estimate of drug-likeness (QED) is 0.134. The monoisotopic (exact) mass is 567 g/mol. The molecule has 4 aromatic rings. The molecule has 7 heteroatoms. The Balaban J connectivity index is 1.53. The van der Waals surface area contributed by atoms with E-state index in [4.69, 9.17) is 9.47 Å². The van der Waals surface area contributed by atoms with Crippen molar-refractivity contribution in [1.82, 2.24) is 0 Å². The first-order chi connectivity index (χ1) is 19.7. The zero-order valence-electron chi connectivity index (χ0n) is 23.6. The minimum absolute atomic E-state index is 0.0610. The molecular weight excluding hydrogens is 534 g/mol. The van der Waals surface area contributed by atoms with E-state index in [9.17, 15) is 14.7 Å². The van der Waals surface area contributed by atoms with E-state index in [2.05, 4.69) is 20.8 Å². The van der Waals surface area contributed by atoms with Gasteiger partial charge in [-0.05, 0) is 71.8 Å². The Hall–Kier alpha value is -4.36. The molecule has 0 spiro atoms. The molecule has 0 radical (unpaired) electrons. The maximum absolute atomic E-state index is 13.5. The van der Waals surface area contributed by atoms with Gasteiger partial charge in [0, 0.05) is 21.7 Å². The van der Waals surface area contributed by atoms with Crippen molar-refractivity contribution in [2.45, 2.75) is 45.8 Å². The summed E-state index contributed by atoms with van der Waals surface area (Å²) >= 11 is 1.43. The van der Waals surface area contributed by atoms with Gasteiger partial charge in [-0.15, -0.1) is 11.3 Å². The number of anilines is 1. The number of amides is 1. The smallest absolute Gasteiger partial charge is 0.300 e. The predicted molar refractivity (Wildman–Crippen MR) is 163 cm³/mol. The first-order valence-electron chi connectivity index (χ1n) is 13.6. The second-order valence-corrected chi connectivity index (χ2v) is 11.8. The van der Waals surface area contributed by atoms with E-state index in [0.29, 0.717) is 30.2 Å². The molecule has 1 N–H and O–H groups in total. The van der Waals surface area contributed by atoms with Gasteiger partial charge < -0.3 is 14.6 Å². The Labute approximate surface area is 244 Å². The van der Waals surface area contributed by atoms with E-state index in [1.165, 1.54) is 16.2 Å². The highest BCUT2D eigenvalue weighted by Crippen LogP contribution is 2.44. The molecule has 1 amide bonds. The van der Waals surface area contributed by atoms with Crippen LogP contribution in [0.1, 0.15) is 55.3 Å². The predicted octanol–water partition coefficient (Wildman–Crippen LogP) is 7.65. The van der Waals surface area contributed by atoms with Gasteiger partial charge in [-0.25, -0.2) is 0 Å². The Morgan fingerprint density at radius 3 is 2.29 bits per heavy atom. The van der Waals surface area contributed by atoms with Crippen LogP contribution >= 0.6 is 11.3 Å². The third-order valence-corrected chi connectivity index (χ3v) is 7.91. The lowest BCUT2D eigenvalue weighted by Crippen LogP contribution is -2.29. The summed E-state index contributed by atoms with van der Waals surface area (Å²) in [4.78, 5) is 29.3. The molecule has 1 unspecified atom stereocenters. The van der Waals surface area contributed by atoms with Crippen molar-refractivity contribution < 1.29 is 24.2 Å². The van der Waals surface area contributed by atoms with Crippen LogP contribution in [0.5, 0.6) is 11.5 Å². The summed E-state index contributed by atoms with van der Waals surface area (Å²) < 4.78 is 11.7. The van der Waals surface area contributed by atoms with Crippen LogP contribution < -0.4 is 14.4 Å². The average Bonchev–Trinajstić information content (AvgIpc) is 3.59. The van der Waals surface area contributed by atoms with Gasteiger partial charge >= 0.3 is 0 Å². The van der Waals surface area contributed by atoms with Crippen LogP contribution in [0.15, 0.2) is 95.9 Å².